The van der Waals surface area contributed by atoms with E-state index in [4.69, 9.17) is 15.9 Å². The summed E-state index contributed by atoms with van der Waals surface area (Å²) in [6.45, 7) is 0. The normalized spacial score (nSPS) is 16.3. The van der Waals surface area contributed by atoms with Crippen molar-refractivity contribution in [1.29, 1.82) is 0 Å². The average molecular weight is 149 g/mol. The van der Waals surface area contributed by atoms with Gasteiger partial charge in [-0.05, 0) is 6.42 Å². The van der Waals surface area contributed by atoms with Gasteiger partial charge in [-0.3, -0.25) is 4.79 Å². The van der Waals surface area contributed by atoms with Crippen LogP contribution in [0, 0.1) is 0 Å². The van der Waals surface area contributed by atoms with E-state index >= 15 is 0 Å². The first-order valence-electron chi connectivity index (χ1n) is 3.03. The fourth-order valence-electron chi connectivity index (χ4n) is 0.495. The molecule has 0 radical (unpaired) electrons. The minimum absolute atomic E-state index is 0.264. The summed E-state index contributed by atoms with van der Waals surface area (Å²) in [6.07, 6.45) is -0.126. The van der Waals surface area contributed by atoms with Crippen LogP contribution in [0.4, 0.5) is 0 Å². The average Bonchev–Trinajstić information content (AvgIpc) is 1.82. The summed E-state index contributed by atoms with van der Waals surface area (Å²) in [5.41, 5.74) is 8.40. The lowest BCUT2D eigenvalue weighted by Crippen LogP contribution is -2.61. The summed E-state index contributed by atoms with van der Waals surface area (Å²) in [5.74, 6) is -1.04. The SMILES string of the molecule is NC(CCC([NH3+])O)C(=O)O. The van der Waals surface area contributed by atoms with Crippen LogP contribution in [0.15, 0.2) is 0 Å². The van der Waals surface area contributed by atoms with Crippen molar-refractivity contribution >= 4 is 5.97 Å². The first kappa shape index (κ1) is 9.35. The molecule has 5 nitrogen and oxygen atoms in total. The van der Waals surface area contributed by atoms with Crippen LogP contribution in [0.2, 0.25) is 0 Å². The molecule has 2 atom stereocenters. The number of aliphatic hydroxyl groups is 1. The van der Waals surface area contributed by atoms with Crippen molar-refractivity contribution in [2.45, 2.75) is 25.1 Å². The van der Waals surface area contributed by atoms with Crippen LogP contribution < -0.4 is 11.5 Å². The van der Waals surface area contributed by atoms with E-state index in [0.717, 1.165) is 0 Å². The Balaban J connectivity index is 3.40. The zero-order chi connectivity index (χ0) is 8.15. The molecule has 0 heterocycles. The molecule has 0 fully saturated rings. The summed E-state index contributed by atoms with van der Waals surface area (Å²) in [7, 11) is 0. The van der Waals surface area contributed by atoms with Gasteiger partial charge in [0.15, 0.2) is 6.23 Å². The van der Waals surface area contributed by atoms with Gasteiger partial charge in [-0.25, -0.2) is 0 Å². The molecule has 7 N–H and O–H groups in total. The van der Waals surface area contributed by atoms with Crippen LogP contribution >= 0.6 is 0 Å². The lowest BCUT2D eigenvalue weighted by Gasteiger charge is -2.04. The monoisotopic (exact) mass is 149 g/mol. The van der Waals surface area contributed by atoms with Crippen LogP contribution in [0.3, 0.4) is 0 Å². The molecule has 10 heavy (non-hydrogen) atoms. The van der Waals surface area contributed by atoms with Crippen molar-refractivity contribution in [3.8, 4) is 0 Å². The predicted octanol–water partition coefficient (Wildman–Crippen LogP) is -2.26. The standard InChI is InChI=1S/C5H12N2O3/c6-3(5(9)10)1-2-4(7)8/h3-4,8H,1-2,6-7H2,(H,9,10)/p+1. The van der Waals surface area contributed by atoms with Gasteiger partial charge in [0, 0.05) is 6.42 Å². The maximum Gasteiger partial charge on any atom is 0.320 e. The third-order valence-corrected chi connectivity index (χ3v) is 1.13. The highest BCUT2D eigenvalue weighted by atomic mass is 16.4. The van der Waals surface area contributed by atoms with Crippen molar-refractivity contribution in [3.05, 3.63) is 0 Å². The van der Waals surface area contributed by atoms with E-state index in [1.165, 1.54) is 0 Å². The molecule has 0 aromatic carbocycles. The highest BCUT2D eigenvalue weighted by molar-refractivity contribution is 5.72. The smallest absolute Gasteiger partial charge is 0.320 e. The van der Waals surface area contributed by atoms with Crippen LogP contribution in [-0.2, 0) is 4.79 Å². The lowest BCUT2D eigenvalue weighted by molar-refractivity contribution is -0.483. The molecule has 0 aromatic heterocycles. The summed E-state index contributed by atoms with van der Waals surface area (Å²) < 4.78 is 0. The molecule has 0 saturated carbocycles. The zero-order valence-electron chi connectivity index (χ0n) is 5.66. The highest BCUT2D eigenvalue weighted by Crippen LogP contribution is 1.94. The first-order valence-corrected chi connectivity index (χ1v) is 3.03. The van der Waals surface area contributed by atoms with Gasteiger partial charge in [0.2, 0.25) is 0 Å². The maximum absolute atomic E-state index is 10.1. The minimum atomic E-state index is -1.04. The van der Waals surface area contributed by atoms with Crippen LogP contribution in [0.1, 0.15) is 12.8 Å². The summed E-state index contributed by atoms with van der Waals surface area (Å²) in [6, 6.07) is -0.878. The Morgan fingerprint density at radius 3 is 2.40 bits per heavy atom. The molecular formula is C5H13N2O3+. The molecule has 2 unspecified atom stereocenters. The Kier molecular flexibility index (Phi) is 3.94. The molecule has 0 bridgehead atoms. The quantitative estimate of drug-likeness (QED) is 0.338. The fraction of sp³-hybridized carbons (Fsp3) is 0.800. The van der Waals surface area contributed by atoms with Gasteiger partial charge in [0.1, 0.15) is 6.04 Å². The number of hydrogen-bond acceptors (Lipinski definition) is 3. The molecule has 0 aliphatic carbocycles. The summed E-state index contributed by atoms with van der Waals surface area (Å²) in [4.78, 5) is 10.1. The third-order valence-electron chi connectivity index (χ3n) is 1.13. The van der Waals surface area contributed by atoms with Crippen molar-refractivity contribution in [3.63, 3.8) is 0 Å². The van der Waals surface area contributed by atoms with E-state index in [1.54, 1.807) is 0 Å². The van der Waals surface area contributed by atoms with E-state index in [0.29, 0.717) is 6.42 Å². The van der Waals surface area contributed by atoms with Gasteiger partial charge in [0.05, 0.1) is 0 Å². The van der Waals surface area contributed by atoms with E-state index < -0.39 is 18.2 Å². The first-order chi connectivity index (χ1) is 4.54. The van der Waals surface area contributed by atoms with Crippen LogP contribution in [0.25, 0.3) is 0 Å². The number of carboxylic acids is 1. The molecule has 0 amide bonds. The number of rotatable bonds is 4. The van der Waals surface area contributed by atoms with Crippen LogP contribution in [-0.4, -0.2) is 28.5 Å². The molecule has 5 heteroatoms. The maximum atomic E-state index is 10.1. The van der Waals surface area contributed by atoms with Gasteiger partial charge in [0.25, 0.3) is 0 Å². The molecule has 0 spiro atoms. The largest absolute Gasteiger partial charge is 0.480 e. The van der Waals surface area contributed by atoms with Gasteiger partial charge in [-0.2, -0.15) is 0 Å². The number of carbonyl (C=O) groups is 1. The Bertz CT molecular complexity index is 115. The topological polar surface area (TPSA) is 111 Å². The summed E-state index contributed by atoms with van der Waals surface area (Å²) >= 11 is 0. The minimum Gasteiger partial charge on any atom is -0.480 e. The van der Waals surface area contributed by atoms with E-state index in [9.17, 15) is 4.79 Å². The van der Waals surface area contributed by atoms with Crippen molar-refractivity contribution < 1.29 is 20.7 Å². The second-order valence-corrected chi connectivity index (χ2v) is 2.18. The van der Waals surface area contributed by atoms with Crippen LogP contribution in [0.5, 0.6) is 0 Å². The molecule has 0 saturated heterocycles. The number of aliphatic hydroxyl groups excluding tert-OH is 1. The second kappa shape index (κ2) is 4.21. The van der Waals surface area contributed by atoms with Crippen molar-refractivity contribution in [1.82, 2.24) is 0 Å². The van der Waals surface area contributed by atoms with E-state index in [-0.39, 0.29) is 6.42 Å². The van der Waals surface area contributed by atoms with Gasteiger partial charge in [-0.15, -0.1) is 0 Å². The molecule has 0 aromatic rings. The van der Waals surface area contributed by atoms with Gasteiger partial charge < -0.3 is 21.7 Å². The number of quaternary nitrogens is 1. The molecule has 60 valence electrons. The number of nitrogens with two attached hydrogens (primary N) is 1. The van der Waals surface area contributed by atoms with Gasteiger partial charge in [-0.1, -0.05) is 0 Å². The van der Waals surface area contributed by atoms with Gasteiger partial charge >= 0.3 is 5.97 Å². The Hall–Kier alpha value is -0.650. The highest BCUT2D eigenvalue weighted by Gasteiger charge is 2.12. The molecule has 0 aliphatic heterocycles. The third kappa shape index (κ3) is 4.25. The number of aliphatic carboxylic acids is 1. The summed E-state index contributed by atoms with van der Waals surface area (Å²) in [5, 5.41) is 16.9. The second-order valence-electron chi connectivity index (χ2n) is 2.18. The molecule has 0 rings (SSSR count). The van der Waals surface area contributed by atoms with E-state index in [2.05, 4.69) is 5.73 Å². The Morgan fingerprint density at radius 1 is 1.60 bits per heavy atom. The zero-order valence-corrected chi connectivity index (χ0v) is 5.66. The fourth-order valence-corrected chi connectivity index (χ4v) is 0.495. The van der Waals surface area contributed by atoms with E-state index in [1.807, 2.05) is 0 Å². The Labute approximate surface area is 58.6 Å². The Morgan fingerprint density at radius 2 is 2.10 bits per heavy atom. The number of hydrogen-bond donors (Lipinski definition) is 4. The van der Waals surface area contributed by atoms with Crippen molar-refractivity contribution in [2.24, 2.45) is 5.73 Å². The molecular weight excluding hydrogens is 136 g/mol. The lowest BCUT2D eigenvalue weighted by atomic mass is 10.1. The van der Waals surface area contributed by atoms with Crippen molar-refractivity contribution in [2.75, 3.05) is 0 Å². The predicted molar refractivity (Wildman–Crippen MR) is 33.7 cm³/mol. The molecule has 0 aliphatic rings. The number of carboxylic acid groups (broad SMARTS) is 1.